The number of rotatable bonds is 4. The molecule has 0 spiro atoms. The highest BCUT2D eigenvalue weighted by Crippen LogP contribution is 2.22. The van der Waals surface area contributed by atoms with Crippen LogP contribution < -0.4 is 4.90 Å². The van der Waals surface area contributed by atoms with Crippen molar-refractivity contribution in [2.24, 2.45) is 0 Å². The fourth-order valence-corrected chi connectivity index (χ4v) is 3.19. The van der Waals surface area contributed by atoms with E-state index in [1.807, 2.05) is 20.0 Å². The second-order valence-corrected chi connectivity index (χ2v) is 6.37. The van der Waals surface area contributed by atoms with Gasteiger partial charge in [-0.1, -0.05) is 0 Å². The fraction of sp³-hybridized carbons (Fsp3) is 0.444. The van der Waals surface area contributed by atoms with E-state index in [0.29, 0.717) is 18.2 Å². The highest BCUT2D eigenvalue weighted by Gasteiger charge is 2.24. The van der Waals surface area contributed by atoms with Gasteiger partial charge in [0.05, 0.1) is 0 Å². The van der Waals surface area contributed by atoms with E-state index in [0.717, 1.165) is 43.5 Å². The van der Waals surface area contributed by atoms with Crippen LogP contribution in [0.15, 0.2) is 30.6 Å². The first-order valence-corrected chi connectivity index (χ1v) is 8.20. The van der Waals surface area contributed by atoms with Crippen molar-refractivity contribution in [1.82, 2.24) is 14.9 Å². The van der Waals surface area contributed by atoms with Crippen LogP contribution in [0.5, 0.6) is 0 Å². The molecule has 0 atom stereocenters. The van der Waals surface area contributed by atoms with Crippen LogP contribution in [0.1, 0.15) is 24.1 Å². The maximum Gasteiger partial charge on any atom is 0.132 e. The first-order valence-electron chi connectivity index (χ1n) is 8.20. The highest BCUT2D eigenvalue weighted by molar-refractivity contribution is 5.39. The van der Waals surface area contributed by atoms with Gasteiger partial charge < -0.3 is 4.90 Å². The lowest BCUT2D eigenvalue weighted by Crippen LogP contribution is -2.43. The zero-order valence-electron chi connectivity index (χ0n) is 14.0. The van der Waals surface area contributed by atoms with Gasteiger partial charge in [-0.05, 0) is 38.0 Å². The molecule has 3 rings (SSSR count). The van der Waals surface area contributed by atoms with Gasteiger partial charge >= 0.3 is 0 Å². The Kier molecular flexibility index (Phi) is 5.04. The third-order valence-corrected chi connectivity index (χ3v) is 4.66. The second-order valence-electron chi connectivity index (χ2n) is 6.37. The predicted molar refractivity (Wildman–Crippen MR) is 89.8 cm³/mol. The molecule has 0 amide bonds. The van der Waals surface area contributed by atoms with Crippen LogP contribution in [0.25, 0.3) is 0 Å². The number of hydrogen-bond acceptors (Lipinski definition) is 4. The summed E-state index contributed by atoms with van der Waals surface area (Å²) in [7, 11) is 2.05. The zero-order chi connectivity index (χ0) is 17.1. The van der Waals surface area contributed by atoms with Crippen LogP contribution in [-0.4, -0.2) is 41.0 Å². The lowest BCUT2D eigenvalue weighted by molar-refractivity contribution is 0.200. The van der Waals surface area contributed by atoms with Crippen molar-refractivity contribution >= 4 is 5.82 Å². The number of halogens is 2. The van der Waals surface area contributed by atoms with Gasteiger partial charge in [0.25, 0.3) is 0 Å². The lowest BCUT2D eigenvalue weighted by Gasteiger charge is -2.37. The van der Waals surface area contributed by atoms with Crippen LogP contribution in [0.4, 0.5) is 14.6 Å². The van der Waals surface area contributed by atoms with E-state index < -0.39 is 0 Å². The molecule has 1 aromatic carbocycles. The average Bonchev–Trinajstić information content (AvgIpc) is 2.58. The maximum atomic E-state index is 13.8. The second kappa shape index (κ2) is 7.21. The Balaban J connectivity index is 1.58. The van der Waals surface area contributed by atoms with E-state index >= 15 is 0 Å². The maximum absolute atomic E-state index is 13.8. The number of aryl methyl sites for hydroxylation is 1. The van der Waals surface area contributed by atoms with Crippen LogP contribution in [-0.2, 0) is 6.54 Å². The summed E-state index contributed by atoms with van der Waals surface area (Å²) in [6.07, 6.45) is 3.52. The Bertz CT molecular complexity index is 699. The molecule has 0 unspecified atom stereocenters. The van der Waals surface area contributed by atoms with Crippen LogP contribution in [0.3, 0.4) is 0 Å². The summed E-state index contributed by atoms with van der Waals surface area (Å²) < 4.78 is 27.1. The third-order valence-electron chi connectivity index (χ3n) is 4.66. The molecule has 0 bridgehead atoms. The monoisotopic (exact) mass is 332 g/mol. The molecular weight excluding hydrogens is 310 g/mol. The van der Waals surface area contributed by atoms with Gasteiger partial charge in [0.2, 0.25) is 0 Å². The largest absolute Gasteiger partial charge is 0.356 e. The molecule has 1 aromatic heterocycles. The third kappa shape index (κ3) is 3.87. The molecule has 128 valence electrons. The molecule has 1 fully saturated rings. The van der Waals surface area contributed by atoms with Crippen molar-refractivity contribution in [1.29, 1.82) is 0 Å². The summed E-state index contributed by atoms with van der Waals surface area (Å²) in [5, 5.41) is 0. The normalized spacial score (nSPS) is 16.3. The van der Waals surface area contributed by atoms with Crippen molar-refractivity contribution in [2.45, 2.75) is 32.4 Å². The minimum atomic E-state index is -0.389. The van der Waals surface area contributed by atoms with Crippen molar-refractivity contribution < 1.29 is 8.78 Å². The molecule has 6 heteroatoms. The number of likely N-dealkylation sites (tertiary alicyclic amines) is 1. The van der Waals surface area contributed by atoms with Gasteiger partial charge in [0.15, 0.2) is 0 Å². The van der Waals surface area contributed by atoms with Crippen molar-refractivity contribution in [3.05, 3.63) is 53.5 Å². The standard InChI is InChI=1S/C18H22F2N4/c1-13-9-18(22-12-21-13)23(2)16-5-7-24(8-6-16)11-14-10-15(19)3-4-17(14)20/h3-4,9-10,12,16H,5-8,11H2,1-2H3. The number of anilines is 1. The predicted octanol–water partition coefficient (Wildman–Crippen LogP) is 3.16. The first-order chi connectivity index (χ1) is 11.5. The van der Waals surface area contributed by atoms with Gasteiger partial charge in [-0.2, -0.15) is 0 Å². The number of hydrogen-bond donors (Lipinski definition) is 0. The Morgan fingerprint density at radius 3 is 2.62 bits per heavy atom. The number of benzene rings is 1. The molecule has 1 aliphatic rings. The lowest BCUT2D eigenvalue weighted by atomic mass is 10.0. The quantitative estimate of drug-likeness (QED) is 0.861. The Hall–Kier alpha value is -2.08. The van der Waals surface area contributed by atoms with Gasteiger partial charge in [-0.15, -0.1) is 0 Å². The van der Waals surface area contributed by atoms with Crippen LogP contribution in [0.2, 0.25) is 0 Å². The van der Waals surface area contributed by atoms with Gasteiger partial charge in [0.1, 0.15) is 23.8 Å². The summed E-state index contributed by atoms with van der Waals surface area (Å²) in [5.74, 6) is 0.198. The molecule has 2 aromatic rings. The molecule has 1 aliphatic heterocycles. The fourth-order valence-electron chi connectivity index (χ4n) is 3.19. The molecule has 1 saturated heterocycles. The molecule has 4 nitrogen and oxygen atoms in total. The van der Waals surface area contributed by atoms with Crippen LogP contribution >= 0.6 is 0 Å². The minimum Gasteiger partial charge on any atom is -0.356 e. The summed E-state index contributed by atoms with van der Waals surface area (Å²) >= 11 is 0. The molecule has 0 aliphatic carbocycles. The van der Waals surface area contributed by atoms with E-state index in [1.165, 1.54) is 12.1 Å². The minimum absolute atomic E-state index is 0.341. The SMILES string of the molecule is Cc1cc(N(C)C2CCN(Cc3cc(F)ccc3F)CC2)ncn1. The molecular formula is C18H22F2N4. The van der Waals surface area contributed by atoms with Crippen molar-refractivity contribution in [2.75, 3.05) is 25.0 Å². The molecule has 0 N–H and O–H groups in total. The summed E-state index contributed by atoms with van der Waals surface area (Å²) in [6.45, 7) is 4.12. The molecule has 24 heavy (non-hydrogen) atoms. The number of nitrogens with zero attached hydrogens (tertiary/aromatic N) is 4. The zero-order valence-corrected chi connectivity index (χ0v) is 14.0. The van der Waals surface area contributed by atoms with E-state index in [-0.39, 0.29) is 11.6 Å². The Morgan fingerprint density at radius 2 is 1.92 bits per heavy atom. The van der Waals surface area contributed by atoms with Gasteiger partial charge in [-0.25, -0.2) is 18.7 Å². The van der Waals surface area contributed by atoms with Crippen molar-refractivity contribution in [3.63, 3.8) is 0 Å². The van der Waals surface area contributed by atoms with Gasteiger partial charge in [-0.3, -0.25) is 4.90 Å². The Morgan fingerprint density at radius 1 is 1.17 bits per heavy atom. The van der Waals surface area contributed by atoms with Gasteiger partial charge in [0, 0.05) is 50.0 Å². The number of piperidine rings is 1. The smallest absolute Gasteiger partial charge is 0.132 e. The topological polar surface area (TPSA) is 32.3 Å². The summed E-state index contributed by atoms with van der Waals surface area (Å²) in [4.78, 5) is 12.8. The molecule has 0 saturated carbocycles. The van der Waals surface area contributed by atoms with E-state index in [4.69, 9.17) is 0 Å². The average molecular weight is 332 g/mol. The number of aromatic nitrogens is 2. The van der Waals surface area contributed by atoms with Crippen LogP contribution in [0, 0.1) is 18.6 Å². The Labute approximate surface area is 141 Å². The van der Waals surface area contributed by atoms with E-state index in [9.17, 15) is 8.78 Å². The van der Waals surface area contributed by atoms with E-state index in [2.05, 4.69) is 19.8 Å². The van der Waals surface area contributed by atoms with E-state index in [1.54, 1.807) is 6.33 Å². The summed E-state index contributed by atoms with van der Waals surface area (Å²) in [5.41, 5.74) is 1.37. The highest BCUT2D eigenvalue weighted by atomic mass is 19.1. The summed E-state index contributed by atoms with van der Waals surface area (Å²) in [6, 6.07) is 6.02. The van der Waals surface area contributed by atoms with Crippen molar-refractivity contribution in [3.8, 4) is 0 Å². The first kappa shape index (κ1) is 16.8. The molecule has 0 radical (unpaired) electrons. The molecule has 2 heterocycles.